The molecule has 34 heavy (non-hydrogen) atoms. The maximum atomic E-state index is 14.2. The molecule has 4 unspecified atom stereocenters. The molecule has 0 aliphatic heterocycles. The Morgan fingerprint density at radius 1 is 0.794 bits per heavy atom. The zero-order valence-corrected chi connectivity index (χ0v) is 20.7. The number of ether oxygens (including phenoxy) is 1. The number of benzene rings is 1. The van der Waals surface area contributed by atoms with Crippen LogP contribution in [-0.2, 0) is 0 Å². The van der Waals surface area contributed by atoms with Crippen molar-refractivity contribution in [1.82, 2.24) is 0 Å². The highest BCUT2D eigenvalue weighted by Crippen LogP contribution is 2.50. The molecule has 4 rings (SSSR count). The summed E-state index contributed by atoms with van der Waals surface area (Å²) in [5.74, 6) is 3.04. The summed E-state index contributed by atoms with van der Waals surface area (Å²) in [6.45, 7) is 2.28. The monoisotopic (exact) mass is 482 g/mol. The van der Waals surface area contributed by atoms with Gasteiger partial charge in [-0.2, -0.15) is 0 Å². The fourth-order valence-corrected chi connectivity index (χ4v) is 7.48. The van der Waals surface area contributed by atoms with Crippen LogP contribution in [0.1, 0.15) is 115 Å². The lowest BCUT2D eigenvalue weighted by molar-refractivity contribution is -0.275. The summed E-state index contributed by atoms with van der Waals surface area (Å²) in [4.78, 5) is 0. The second-order valence-corrected chi connectivity index (χ2v) is 11.5. The molecule has 0 radical (unpaired) electrons. The molecule has 1 nitrogen and oxygen atoms in total. The van der Waals surface area contributed by atoms with E-state index in [0.717, 1.165) is 66.9 Å². The van der Waals surface area contributed by atoms with Crippen LogP contribution >= 0.6 is 0 Å². The largest absolute Gasteiger partial charge is 0.573 e. The van der Waals surface area contributed by atoms with Gasteiger partial charge >= 0.3 is 6.36 Å². The minimum absolute atomic E-state index is 0.241. The van der Waals surface area contributed by atoms with Crippen molar-refractivity contribution >= 4 is 0 Å². The van der Waals surface area contributed by atoms with Gasteiger partial charge in [0.25, 0.3) is 0 Å². The van der Waals surface area contributed by atoms with E-state index in [1.54, 1.807) is 6.07 Å². The highest BCUT2D eigenvalue weighted by molar-refractivity contribution is 5.31. The van der Waals surface area contributed by atoms with Crippen molar-refractivity contribution in [3.63, 3.8) is 0 Å². The number of halogens is 4. The topological polar surface area (TPSA) is 9.23 Å². The van der Waals surface area contributed by atoms with Gasteiger partial charge in [0.1, 0.15) is 0 Å². The van der Waals surface area contributed by atoms with Crippen molar-refractivity contribution in [1.29, 1.82) is 0 Å². The molecule has 0 bridgehead atoms. The molecule has 192 valence electrons. The van der Waals surface area contributed by atoms with E-state index in [1.807, 2.05) is 0 Å². The average molecular weight is 483 g/mol. The molecule has 1 aromatic carbocycles. The van der Waals surface area contributed by atoms with Gasteiger partial charge in [0.15, 0.2) is 11.6 Å². The second kappa shape index (κ2) is 11.6. The Morgan fingerprint density at radius 3 is 2.12 bits per heavy atom. The number of fused-ring (bicyclic) bond motifs is 1. The van der Waals surface area contributed by atoms with Crippen molar-refractivity contribution < 1.29 is 22.3 Å². The molecule has 3 aliphatic carbocycles. The van der Waals surface area contributed by atoms with E-state index < -0.39 is 17.9 Å². The normalized spacial score (nSPS) is 32.3. The molecule has 4 atom stereocenters. The van der Waals surface area contributed by atoms with Crippen LogP contribution in [0.3, 0.4) is 0 Å². The number of hydrogen-bond donors (Lipinski definition) is 0. The van der Waals surface area contributed by atoms with Crippen molar-refractivity contribution in [3.05, 3.63) is 29.6 Å². The molecule has 1 aromatic rings. The summed E-state index contributed by atoms with van der Waals surface area (Å²) in [7, 11) is 0. The van der Waals surface area contributed by atoms with Gasteiger partial charge < -0.3 is 4.74 Å². The minimum atomic E-state index is -4.87. The molecule has 0 saturated heterocycles. The summed E-state index contributed by atoms with van der Waals surface area (Å²) in [6.07, 6.45) is 15.0. The van der Waals surface area contributed by atoms with Crippen LogP contribution in [0.25, 0.3) is 0 Å². The van der Waals surface area contributed by atoms with Crippen LogP contribution < -0.4 is 4.74 Å². The first-order valence-electron chi connectivity index (χ1n) is 13.9. The third-order valence-electron chi connectivity index (χ3n) is 9.32. The summed E-state index contributed by atoms with van der Waals surface area (Å²) < 4.78 is 55.2. The molecule has 5 heteroatoms. The van der Waals surface area contributed by atoms with E-state index in [4.69, 9.17) is 0 Å². The number of alkyl halides is 3. The highest BCUT2D eigenvalue weighted by Gasteiger charge is 2.39. The van der Waals surface area contributed by atoms with E-state index in [1.165, 1.54) is 76.7 Å². The Morgan fingerprint density at radius 2 is 1.44 bits per heavy atom. The van der Waals surface area contributed by atoms with Crippen molar-refractivity contribution in [3.8, 4) is 5.75 Å². The molecule has 0 spiro atoms. The molecule has 0 aromatic heterocycles. The lowest BCUT2D eigenvalue weighted by atomic mass is 9.60. The number of hydrogen-bond acceptors (Lipinski definition) is 1. The van der Waals surface area contributed by atoms with Gasteiger partial charge in [-0.15, -0.1) is 13.2 Å². The standard InChI is InChI=1S/C29H42F4O/c1-2-3-4-5-6-20-7-8-25-18-24(14-13-23(25)17-20)21-9-11-22(12-10-21)26-15-16-28(27(30)19-26)34-29(31,32)33/h15-16,19-25H,2-14,17-18H2,1H3. The fourth-order valence-electron chi connectivity index (χ4n) is 7.48. The van der Waals surface area contributed by atoms with Crippen LogP contribution in [0.15, 0.2) is 18.2 Å². The van der Waals surface area contributed by atoms with Gasteiger partial charge in [0.05, 0.1) is 0 Å². The van der Waals surface area contributed by atoms with E-state index >= 15 is 0 Å². The smallest absolute Gasteiger partial charge is 0.403 e. The number of rotatable bonds is 8. The Bertz CT molecular complexity index is 768. The van der Waals surface area contributed by atoms with E-state index in [-0.39, 0.29) is 5.92 Å². The SMILES string of the molecule is CCCCCCC1CCC2CC(C3CCC(c4ccc(OC(F)(F)F)c(F)c4)CC3)CCC2C1. The first kappa shape index (κ1) is 25.8. The van der Waals surface area contributed by atoms with E-state index in [0.29, 0.717) is 0 Å². The predicted molar refractivity (Wildman–Crippen MR) is 128 cm³/mol. The molecule has 0 heterocycles. The summed E-state index contributed by atoms with van der Waals surface area (Å²) in [5, 5.41) is 0. The minimum Gasteiger partial charge on any atom is -0.403 e. The summed E-state index contributed by atoms with van der Waals surface area (Å²) in [5.41, 5.74) is 0.812. The Hall–Kier alpha value is -1.26. The molecule has 0 amide bonds. The van der Waals surface area contributed by atoms with Gasteiger partial charge in [-0.05, 0) is 111 Å². The fraction of sp³-hybridized carbons (Fsp3) is 0.793. The maximum Gasteiger partial charge on any atom is 0.573 e. The predicted octanol–water partition coefficient (Wildman–Crippen LogP) is 9.80. The van der Waals surface area contributed by atoms with Gasteiger partial charge in [0.2, 0.25) is 0 Å². The van der Waals surface area contributed by atoms with Crippen LogP contribution in [0.5, 0.6) is 5.75 Å². The lowest BCUT2D eigenvalue weighted by Crippen LogP contribution is -2.34. The Labute approximate surface area is 203 Å². The third kappa shape index (κ3) is 6.91. The molecule has 3 aliphatic rings. The van der Waals surface area contributed by atoms with Crippen molar-refractivity contribution in [2.24, 2.45) is 29.6 Å². The van der Waals surface area contributed by atoms with Gasteiger partial charge in [-0.1, -0.05) is 51.5 Å². The maximum absolute atomic E-state index is 14.2. The van der Waals surface area contributed by atoms with Gasteiger partial charge in [-0.25, -0.2) is 4.39 Å². The van der Waals surface area contributed by atoms with Gasteiger partial charge in [-0.3, -0.25) is 0 Å². The first-order valence-corrected chi connectivity index (χ1v) is 13.9. The molecular weight excluding hydrogens is 440 g/mol. The average Bonchev–Trinajstić information content (AvgIpc) is 2.82. The Kier molecular flexibility index (Phi) is 8.85. The molecular formula is C29H42F4O. The van der Waals surface area contributed by atoms with Crippen LogP contribution in [0.2, 0.25) is 0 Å². The first-order chi connectivity index (χ1) is 16.3. The highest BCUT2D eigenvalue weighted by atomic mass is 19.4. The zero-order valence-electron chi connectivity index (χ0n) is 20.7. The molecule has 0 N–H and O–H groups in total. The van der Waals surface area contributed by atoms with Crippen LogP contribution in [0.4, 0.5) is 17.6 Å². The van der Waals surface area contributed by atoms with Crippen molar-refractivity contribution in [2.45, 2.75) is 116 Å². The van der Waals surface area contributed by atoms with Gasteiger partial charge in [0, 0.05) is 0 Å². The lowest BCUT2D eigenvalue weighted by Gasteiger charge is -2.45. The number of unbranched alkanes of at least 4 members (excludes halogenated alkanes) is 3. The zero-order chi connectivity index (χ0) is 24.1. The van der Waals surface area contributed by atoms with E-state index in [9.17, 15) is 17.6 Å². The summed E-state index contributed by atoms with van der Waals surface area (Å²) in [6, 6.07) is 3.99. The van der Waals surface area contributed by atoms with E-state index in [2.05, 4.69) is 11.7 Å². The second-order valence-electron chi connectivity index (χ2n) is 11.5. The molecule has 3 saturated carbocycles. The Balaban J connectivity index is 1.22. The summed E-state index contributed by atoms with van der Waals surface area (Å²) >= 11 is 0. The van der Waals surface area contributed by atoms with Crippen LogP contribution in [0, 0.1) is 35.4 Å². The quantitative estimate of drug-likeness (QED) is 0.265. The van der Waals surface area contributed by atoms with Crippen LogP contribution in [-0.4, -0.2) is 6.36 Å². The van der Waals surface area contributed by atoms with Crippen molar-refractivity contribution in [2.75, 3.05) is 0 Å². The third-order valence-corrected chi connectivity index (χ3v) is 9.32. The molecule has 3 fully saturated rings.